The zero-order valence-electron chi connectivity index (χ0n) is 8.90. The normalized spacial score (nSPS) is 18.6. The highest BCUT2D eigenvalue weighted by Crippen LogP contribution is 2.36. The minimum atomic E-state index is -1.31. The Bertz CT molecular complexity index is 472. The highest BCUT2D eigenvalue weighted by molar-refractivity contribution is 7.86. The summed E-state index contributed by atoms with van der Waals surface area (Å²) < 4.78 is 21.9. The Kier molecular flexibility index (Phi) is 2.82. The summed E-state index contributed by atoms with van der Waals surface area (Å²) in [6, 6.07) is 3.24. The van der Waals surface area contributed by atoms with Crippen molar-refractivity contribution < 1.29 is 18.5 Å². The van der Waals surface area contributed by atoms with Crippen LogP contribution in [0, 0.1) is 0 Å². The molecule has 0 aromatic heterocycles. The summed E-state index contributed by atoms with van der Waals surface area (Å²) >= 11 is 0. The Hall–Kier alpha value is -1.56. The van der Waals surface area contributed by atoms with Crippen LogP contribution in [-0.4, -0.2) is 30.1 Å². The van der Waals surface area contributed by atoms with E-state index in [-0.39, 0.29) is 11.7 Å². The van der Waals surface area contributed by atoms with Crippen LogP contribution in [0.3, 0.4) is 0 Å². The third-order valence-electron chi connectivity index (χ3n) is 2.27. The van der Waals surface area contributed by atoms with Crippen LogP contribution in [-0.2, 0) is 15.6 Å². The van der Waals surface area contributed by atoms with Crippen molar-refractivity contribution in [2.75, 3.05) is 25.3 Å². The zero-order valence-corrected chi connectivity index (χ0v) is 9.72. The first-order valence-electron chi connectivity index (χ1n) is 4.60. The second-order valence-electron chi connectivity index (χ2n) is 3.24. The number of amides is 1. The molecule has 86 valence electrons. The molecule has 1 amide bonds. The van der Waals surface area contributed by atoms with Gasteiger partial charge in [-0.15, -0.1) is 0 Å². The maximum atomic E-state index is 11.7. The third-order valence-corrected chi connectivity index (χ3v) is 3.62. The summed E-state index contributed by atoms with van der Waals surface area (Å²) in [5, 5.41) is 2.65. The summed E-state index contributed by atoms with van der Waals surface area (Å²) in [6.45, 7) is 0. The van der Waals surface area contributed by atoms with Crippen LogP contribution in [0.25, 0.3) is 0 Å². The van der Waals surface area contributed by atoms with Gasteiger partial charge < -0.3 is 14.8 Å². The molecule has 1 unspecified atom stereocenters. The molecule has 6 heteroatoms. The lowest BCUT2D eigenvalue weighted by molar-refractivity contribution is -0.113. The molecule has 1 aromatic rings. The number of methoxy groups -OCH3 is 2. The van der Waals surface area contributed by atoms with Gasteiger partial charge in [0.1, 0.15) is 5.75 Å². The van der Waals surface area contributed by atoms with E-state index in [9.17, 15) is 9.00 Å². The van der Waals surface area contributed by atoms with Crippen molar-refractivity contribution in [1.29, 1.82) is 0 Å². The summed E-state index contributed by atoms with van der Waals surface area (Å²) in [5.74, 6) is 0.743. The average Bonchev–Trinajstić information content (AvgIpc) is 2.27. The van der Waals surface area contributed by atoms with Gasteiger partial charge in [0.05, 0.1) is 35.6 Å². The first-order chi connectivity index (χ1) is 7.65. The third kappa shape index (κ3) is 1.76. The first kappa shape index (κ1) is 10.9. The SMILES string of the molecule is COc1cc2c(cc1OC)S(=O)CC(=O)N2. The number of hydrogen-bond acceptors (Lipinski definition) is 4. The largest absolute Gasteiger partial charge is 0.493 e. The Morgan fingerprint density at radius 2 is 1.88 bits per heavy atom. The second kappa shape index (κ2) is 4.13. The quantitative estimate of drug-likeness (QED) is 0.830. The lowest BCUT2D eigenvalue weighted by Gasteiger charge is -2.18. The minimum absolute atomic E-state index is 0.0114. The first-order valence-corrected chi connectivity index (χ1v) is 5.92. The Balaban J connectivity index is 2.56. The number of carbonyl (C=O) groups excluding carboxylic acids is 1. The van der Waals surface area contributed by atoms with Crippen LogP contribution in [0.4, 0.5) is 5.69 Å². The molecular formula is C10H11NO4S. The van der Waals surface area contributed by atoms with Crippen LogP contribution in [0.1, 0.15) is 0 Å². The van der Waals surface area contributed by atoms with E-state index in [0.717, 1.165) is 0 Å². The van der Waals surface area contributed by atoms with Gasteiger partial charge in [0.25, 0.3) is 0 Å². The van der Waals surface area contributed by atoms with Gasteiger partial charge in [-0.2, -0.15) is 0 Å². The fourth-order valence-corrected chi connectivity index (χ4v) is 2.59. The highest BCUT2D eigenvalue weighted by atomic mass is 32.2. The molecule has 0 spiro atoms. The van der Waals surface area contributed by atoms with E-state index in [1.165, 1.54) is 14.2 Å². The van der Waals surface area contributed by atoms with Gasteiger partial charge in [-0.05, 0) is 0 Å². The van der Waals surface area contributed by atoms with E-state index in [2.05, 4.69) is 5.32 Å². The van der Waals surface area contributed by atoms with E-state index < -0.39 is 10.8 Å². The minimum Gasteiger partial charge on any atom is -0.493 e. The lowest BCUT2D eigenvalue weighted by Crippen LogP contribution is -2.25. The van der Waals surface area contributed by atoms with E-state index in [0.29, 0.717) is 22.1 Å². The van der Waals surface area contributed by atoms with Crippen LogP contribution in [0.2, 0.25) is 0 Å². The van der Waals surface area contributed by atoms with E-state index in [1.807, 2.05) is 0 Å². The fourth-order valence-electron chi connectivity index (χ4n) is 1.53. The molecule has 1 aromatic carbocycles. The van der Waals surface area contributed by atoms with E-state index >= 15 is 0 Å². The predicted molar refractivity (Wildman–Crippen MR) is 59.5 cm³/mol. The standard InChI is InChI=1S/C10H11NO4S/c1-14-7-3-6-9(4-8(7)15-2)16(13)5-10(12)11-6/h3-4H,5H2,1-2H3,(H,11,12). The van der Waals surface area contributed by atoms with Gasteiger partial charge >= 0.3 is 0 Å². The van der Waals surface area contributed by atoms with Gasteiger partial charge in [0.2, 0.25) is 5.91 Å². The molecule has 0 bridgehead atoms. The van der Waals surface area contributed by atoms with Crippen molar-refractivity contribution in [1.82, 2.24) is 0 Å². The highest BCUT2D eigenvalue weighted by Gasteiger charge is 2.23. The molecule has 1 heterocycles. The Morgan fingerprint density at radius 1 is 1.25 bits per heavy atom. The van der Waals surface area contributed by atoms with Crippen LogP contribution < -0.4 is 14.8 Å². The van der Waals surface area contributed by atoms with E-state index in [4.69, 9.17) is 9.47 Å². The number of rotatable bonds is 2. The van der Waals surface area contributed by atoms with Crippen molar-refractivity contribution in [2.45, 2.75) is 4.90 Å². The molecule has 0 aliphatic carbocycles. The zero-order chi connectivity index (χ0) is 11.7. The van der Waals surface area contributed by atoms with Crippen LogP contribution in [0.5, 0.6) is 11.5 Å². The molecule has 1 aliphatic rings. The van der Waals surface area contributed by atoms with E-state index in [1.54, 1.807) is 12.1 Å². The lowest BCUT2D eigenvalue weighted by atomic mass is 10.2. The Morgan fingerprint density at radius 3 is 2.50 bits per heavy atom. The molecule has 0 saturated carbocycles. The van der Waals surface area contributed by atoms with Crippen LogP contribution >= 0.6 is 0 Å². The summed E-state index contributed by atoms with van der Waals surface area (Å²) in [6.07, 6.45) is 0. The van der Waals surface area contributed by atoms with Crippen molar-refractivity contribution in [2.24, 2.45) is 0 Å². The maximum absolute atomic E-state index is 11.7. The van der Waals surface area contributed by atoms with Gasteiger partial charge in [0, 0.05) is 12.1 Å². The Labute approximate surface area is 95.2 Å². The van der Waals surface area contributed by atoms with Crippen molar-refractivity contribution in [3.05, 3.63) is 12.1 Å². The van der Waals surface area contributed by atoms with Crippen molar-refractivity contribution >= 4 is 22.4 Å². The number of hydrogen-bond donors (Lipinski definition) is 1. The monoisotopic (exact) mass is 241 g/mol. The number of anilines is 1. The maximum Gasteiger partial charge on any atom is 0.237 e. The number of nitrogens with one attached hydrogen (secondary N) is 1. The fraction of sp³-hybridized carbons (Fsp3) is 0.300. The molecule has 16 heavy (non-hydrogen) atoms. The summed E-state index contributed by atoms with van der Waals surface area (Å²) in [4.78, 5) is 11.8. The smallest absolute Gasteiger partial charge is 0.237 e. The number of carbonyl (C=O) groups is 1. The average molecular weight is 241 g/mol. The van der Waals surface area contributed by atoms with Gasteiger partial charge in [-0.3, -0.25) is 9.00 Å². The van der Waals surface area contributed by atoms with Crippen LogP contribution in [0.15, 0.2) is 17.0 Å². The summed E-state index contributed by atoms with van der Waals surface area (Å²) in [7, 11) is 1.70. The topological polar surface area (TPSA) is 64.6 Å². The van der Waals surface area contributed by atoms with Gasteiger partial charge in [-0.25, -0.2) is 0 Å². The van der Waals surface area contributed by atoms with Gasteiger partial charge in [0.15, 0.2) is 11.5 Å². The van der Waals surface area contributed by atoms with Crippen molar-refractivity contribution in [3.8, 4) is 11.5 Å². The number of ether oxygens (including phenoxy) is 2. The molecule has 2 rings (SSSR count). The molecule has 0 saturated heterocycles. The molecule has 1 N–H and O–H groups in total. The second-order valence-corrected chi connectivity index (χ2v) is 4.66. The molecule has 1 atom stereocenters. The van der Waals surface area contributed by atoms with Crippen molar-refractivity contribution in [3.63, 3.8) is 0 Å². The molecule has 0 radical (unpaired) electrons. The number of fused-ring (bicyclic) bond motifs is 1. The molecule has 5 nitrogen and oxygen atoms in total. The molecule has 1 aliphatic heterocycles. The predicted octanol–water partition coefficient (Wildman–Crippen LogP) is 0.763. The van der Waals surface area contributed by atoms with Gasteiger partial charge in [-0.1, -0.05) is 0 Å². The summed E-state index contributed by atoms with van der Waals surface area (Å²) in [5.41, 5.74) is 0.521. The molecule has 0 fully saturated rings. The number of benzene rings is 1. The molecular weight excluding hydrogens is 230 g/mol.